The van der Waals surface area contributed by atoms with Crippen molar-refractivity contribution in [2.24, 2.45) is 5.92 Å². The molecule has 0 spiro atoms. The number of carbonyl (C=O) groups excluding carboxylic acids is 2. The largest absolute Gasteiger partial charge is 0.480 e. The van der Waals surface area contributed by atoms with Crippen LogP contribution in [0.25, 0.3) is 11.1 Å². The first-order valence-electron chi connectivity index (χ1n) is 12.5. The monoisotopic (exact) mass is 478 g/mol. The molecule has 4 rings (SSSR count). The SMILES string of the molecule is CC(NC(=O)OCC1c2ccccc2-c2ccccc21)C(C)C(=O)NC1(C(=O)O)CCCCCC1. The van der Waals surface area contributed by atoms with Crippen LogP contribution in [0.5, 0.6) is 0 Å². The molecule has 1 fully saturated rings. The number of hydrogen-bond donors (Lipinski definition) is 3. The van der Waals surface area contributed by atoms with Crippen LogP contribution in [0.15, 0.2) is 48.5 Å². The second kappa shape index (κ2) is 10.5. The third-order valence-corrected chi connectivity index (χ3v) is 7.58. The lowest BCUT2D eigenvalue weighted by Crippen LogP contribution is -2.57. The first-order valence-corrected chi connectivity index (χ1v) is 12.5. The van der Waals surface area contributed by atoms with Crippen LogP contribution >= 0.6 is 0 Å². The Morgan fingerprint density at radius 1 is 0.943 bits per heavy atom. The molecule has 2 aromatic carbocycles. The van der Waals surface area contributed by atoms with E-state index < -0.39 is 29.6 Å². The Morgan fingerprint density at radius 2 is 1.49 bits per heavy atom. The number of hydrogen-bond acceptors (Lipinski definition) is 4. The maximum Gasteiger partial charge on any atom is 0.407 e. The van der Waals surface area contributed by atoms with E-state index in [2.05, 4.69) is 34.9 Å². The van der Waals surface area contributed by atoms with Gasteiger partial charge in [-0.25, -0.2) is 9.59 Å². The fraction of sp³-hybridized carbons (Fsp3) is 0.464. The average molecular weight is 479 g/mol. The molecule has 2 aromatic rings. The van der Waals surface area contributed by atoms with Crippen LogP contribution in [0, 0.1) is 5.92 Å². The van der Waals surface area contributed by atoms with Crippen LogP contribution in [-0.4, -0.2) is 41.3 Å². The van der Waals surface area contributed by atoms with Gasteiger partial charge in [-0.2, -0.15) is 0 Å². The summed E-state index contributed by atoms with van der Waals surface area (Å²) in [7, 11) is 0. The highest BCUT2D eigenvalue weighted by Gasteiger charge is 2.41. The fourth-order valence-corrected chi connectivity index (χ4v) is 5.25. The molecule has 0 bridgehead atoms. The van der Waals surface area contributed by atoms with E-state index in [0.29, 0.717) is 12.8 Å². The van der Waals surface area contributed by atoms with Crippen molar-refractivity contribution in [3.8, 4) is 11.1 Å². The number of alkyl carbamates (subject to hydrolysis) is 1. The molecule has 7 nitrogen and oxygen atoms in total. The summed E-state index contributed by atoms with van der Waals surface area (Å²) in [6.45, 7) is 3.61. The van der Waals surface area contributed by atoms with Crippen molar-refractivity contribution >= 4 is 18.0 Å². The quantitative estimate of drug-likeness (QED) is 0.494. The second-order valence-electron chi connectivity index (χ2n) is 9.84. The second-order valence-corrected chi connectivity index (χ2v) is 9.84. The van der Waals surface area contributed by atoms with Crippen molar-refractivity contribution in [3.05, 3.63) is 59.7 Å². The average Bonchev–Trinajstić information content (AvgIpc) is 2.98. The Balaban J connectivity index is 1.34. The third-order valence-electron chi connectivity index (χ3n) is 7.58. The Labute approximate surface area is 206 Å². The molecule has 0 saturated heterocycles. The van der Waals surface area contributed by atoms with Gasteiger partial charge in [0, 0.05) is 12.0 Å². The Bertz CT molecular complexity index is 1040. The van der Waals surface area contributed by atoms with E-state index in [0.717, 1.165) is 47.9 Å². The highest BCUT2D eigenvalue weighted by Crippen LogP contribution is 2.44. The lowest BCUT2D eigenvalue weighted by atomic mass is 9.89. The van der Waals surface area contributed by atoms with E-state index in [-0.39, 0.29) is 18.4 Å². The summed E-state index contributed by atoms with van der Waals surface area (Å²) >= 11 is 0. The van der Waals surface area contributed by atoms with Crippen LogP contribution in [0.2, 0.25) is 0 Å². The maximum absolute atomic E-state index is 12.9. The van der Waals surface area contributed by atoms with Crippen molar-refractivity contribution in [1.82, 2.24) is 10.6 Å². The van der Waals surface area contributed by atoms with E-state index in [1.165, 1.54) is 0 Å². The van der Waals surface area contributed by atoms with Crippen molar-refractivity contribution in [2.45, 2.75) is 69.9 Å². The first kappa shape index (κ1) is 24.8. The molecular formula is C28H34N2O5. The number of carboxylic acid groups (broad SMARTS) is 1. The molecule has 2 aliphatic carbocycles. The number of fused-ring (bicyclic) bond motifs is 3. The minimum atomic E-state index is -1.23. The standard InChI is InChI=1S/C28H34N2O5/c1-18(25(31)30-28(26(32)33)15-9-3-4-10-16-28)19(2)29-27(34)35-17-24-22-13-7-5-11-20(22)21-12-6-8-14-23(21)24/h5-8,11-14,18-19,24H,3-4,9-10,15-17H2,1-2H3,(H,29,34)(H,30,31)(H,32,33). The summed E-state index contributed by atoms with van der Waals surface area (Å²) in [5.74, 6) is -2.03. The first-order chi connectivity index (χ1) is 16.8. The van der Waals surface area contributed by atoms with Gasteiger partial charge in [0.2, 0.25) is 5.91 Å². The summed E-state index contributed by atoms with van der Waals surface area (Å²) in [5, 5.41) is 15.4. The summed E-state index contributed by atoms with van der Waals surface area (Å²) in [5.41, 5.74) is 3.34. The van der Waals surface area contributed by atoms with Gasteiger partial charge in [0.15, 0.2) is 0 Å². The molecule has 3 N–H and O–H groups in total. The molecule has 2 atom stereocenters. The number of benzene rings is 2. The minimum absolute atomic E-state index is 0.0464. The highest BCUT2D eigenvalue weighted by molar-refractivity contribution is 5.88. The fourth-order valence-electron chi connectivity index (χ4n) is 5.25. The van der Waals surface area contributed by atoms with Gasteiger partial charge in [0.1, 0.15) is 12.1 Å². The molecule has 0 aromatic heterocycles. The smallest absolute Gasteiger partial charge is 0.407 e. The predicted molar refractivity (Wildman–Crippen MR) is 133 cm³/mol. The van der Waals surface area contributed by atoms with E-state index in [1.54, 1.807) is 13.8 Å². The summed E-state index contributed by atoms with van der Waals surface area (Å²) in [6.07, 6.45) is 3.74. The molecule has 0 aliphatic heterocycles. The van der Waals surface area contributed by atoms with Gasteiger partial charge in [-0.3, -0.25) is 4.79 Å². The number of nitrogens with one attached hydrogen (secondary N) is 2. The lowest BCUT2D eigenvalue weighted by molar-refractivity contribution is -0.149. The predicted octanol–water partition coefficient (Wildman–Crippen LogP) is 4.84. The Hall–Kier alpha value is -3.35. The van der Waals surface area contributed by atoms with Gasteiger partial charge >= 0.3 is 12.1 Å². The van der Waals surface area contributed by atoms with Gasteiger partial charge in [0.25, 0.3) is 0 Å². The van der Waals surface area contributed by atoms with E-state index in [1.807, 2.05) is 24.3 Å². The van der Waals surface area contributed by atoms with Crippen molar-refractivity contribution in [2.75, 3.05) is 6.61 Å². The maximum atomic E-state index is 12.9. The summed E-state index contributed by atoms with van der Waals surface area (Å²) < 4.78 is 5.59. The van der Waals surface area contributed by atoms with Crippen molar-refractivity contribution in [3.63, 3.8) is 0 Å². The zero-order chi connectivity index (χ0) is 25.0. The topological polar surface area (TPSA) is 105 Å². The van der Waals surface area contributed by atoms with Crippen LogP contribution in [0.3, 0.4) is 0 Å². The number of carboxylic acids is 1. The van der Waals surface area contributed by atoms with Gasteiger partial charge < -0.3 is 20.5 Å². The van der Waals surface area contributed by atoms with Gasteiger partial charge in [0.05, 0.1) is 5.92 Å². The summed E-state index contributed by atoms with van der Waals surface area (Å²) in [4.78, 5) is 37.6. The van der Waals surface area contributed by atoms with Crippen LogP contribution in [0.4, 0.5) is 4.79 Å². The lowest BCUT2D eigenvalue weighted by Gasteiger charge is -2.31. The Morgan fingerprint density at radius 3 is 2.03 bits per heavy atom. The zero-order valence-electron chi connectivity index (χ0n) is 20.4. The highest BCUT2D eigenvalue weighted by atomic mass is 16.5. The van der Waals surface area contributed by atoms with E-state index in [4.69, 9.17) is 4.74 Å². The molecule has 2 amide bonds. The molecule has 0 heterocycles. The van der Waals surface area contributed by atoms with Crippen molar-refractivity contribution < 1.29 is 24.2 Å². The van der Waals surface area contributed by atoms with Crippen molar-refractivity contribution in [1.29, 1.82) is 0 Å². The normalized spacial score (nSPS) is 18.3. The van der Waals surface area contributed by atoms with Crippen LogP contribution < -0.4 is 10.6 Å². The molecule has 0 radical (unpaired) electrons. The molecular weight excluding hydrogens is 444 g/mol. The number of ether oxygens (including phenoxy) is 1. The molecule has 2 unspecified atom stereocenters. The summed E-state index contributed by atoms with van der Waals surface area (Å²) in [6, 6.07) is 15.7. The zero-order valence-corrected chi connectivity index (χ0v) is 20.4. The molecule has 35 heavy (non-hydrogen) atoms. The Kier molecular flexibility index (Phi) is 7.43. The van der Waals surface area contributed by atoms with Gasteiger partial charge in [-0.1, -0.05) is 81.1 Å². The van der Waals surface area contributed by atoms with E-state index in [9.17, 15) is 19.5 Å². The van der Waals surface area contributed by atoms with Crippen LogP contribution in [0.1, 0.15) is 69.4 Å². The molecule has 2 aliphatic rings. The van der Waals surface area contributed by atoms with E-state index >= 15 is 0 Å². The molecule has 7 heteroatoms. The molecule has 1 saturated carbocycles. The van der Waals surface area contributed by atoms with Crippen LogP contribution in [-0.2, 0) is 14.3 Å². The molecule has 186 valence electrons. The minimum Gasteiger partial charge on any atom is -0.480 e. The number of carbonyl (C=O) groups is 3. The number of rotatable bonds is 7. The third kappa shape index (κ3) is 5.19. The number of aliphatic carboxylic acids is 1. The van der Waals surface area contributed by atoms with Gasteiger partial charge in [-0.05, 0) is 42.0 Å². The number of amides is 2. The van der Waals surface area contributed by atoms with Gasteiger partial charge in [-0.15, -0.1) is 0 Å².